The summed E-state index contributed by atoms with van der Waals surface area (Å²) in [6, 6.07) is 17.4. The van der Waals surface area contributed by atoms with Crippen molar-refractivity contribution in [3.8, 4) is 11.1 Å². The lowest BCUT2D eigenvalue weighted by molar-refractivity contribution is 0.696. The molecule has 0 N–H and O–H groups in total. The number of fused-ring (bicyclic) bond motifs is 1. The summed E-state index contributed by atoms with van der Waals surface area (Å²) in [5, 5.41) is 1.31. The number of rotatable bonds is 5. The molecule has 0 aliphatic heterocycles. The fourth-order valence-electron chi connectivity index (χ4n) is 3.44. The van der Waals surface area contributed by atoms with Gasteiger partial charge in [-0.05, 0) is 49.1 Å². The van der Waals surface area contributed by atoms with Crippen LogP contribution in [0.1, 0.15) is 38.4 Å². The van der Waals surface area contributed by atoms with E-state index < -0.39 is 0 Å². The molecule has 0 saturated heterocycles. The van der Waals surface area contributed by atoms with Crippen molar-refractivity contribution in [3.05, 3.63) is 72.4 Å². The minimum atomic E-state index is 1.01. The second-order valence-electron chi connectivity index (χ2n) is 6.29. The Bertz CT molecular complexity index is 895. The van der Waals surface area contributed by atoms with Crippen LogP contribution in [-0.4, -0.2) is 4.57 Å². The highest BCUT2D eigenvalue weighted by Gasteiger charge is 2.16. The van der Waals surface area contributed by atoms with Crippen molar-refractivity contribution in [1.29, 1.82) is 0 Å². The van der Waals surface area contributed by atoms with E-state index in [1.54, 1.807) is 0 Å². The molecule has 0 amide bonds. The van der Waals surface area contributed by atoms with Crippen molar-refractivity contribution in [2.24, 2.45) is 0 Å². The van der Waals surface area contributed by atoms with Crippen LogP contribution in [0.2, 0.25) is 0 Å². The van der Waals surface area contributed by atoms with E-state index in [4.69, 9.17) is 0 Å². The number of allylic oxidation sites excluding steroid dienone is 2. The Kier molecular flexibility index (Phi) is 4.71. The van der Waals surface area contributed by atoms with Gasteiger partial charge >= 0.3 is 0 Å². The van der Waals surface area contributed by atoms with Crippen LogP contribution in [0, 0.1) is 0 Å². The lowest BCUT2D eigenvalue weighted by Crippen LogP contribution is -2.01. The number of nitrogens with zero attached hydrogens (tertiary/aromatic N) is 1. The molecule has 0 atom stereocenters. The van der Waals surface area contributed by atoms with Gasteiger partial charge in [-0.2, -0.15) is 0 Å². The molecule has 2 aromatic carbocycles. The summed E-state index contributed by atoms with van der Waals surface area (Å²) >= 11 is 0. The Balaban J connectivity index is 2.32. The zero-order valence-corrected chi connectivity index (χ0v) is 14.8. The molecule has 3 aromatic rings. The second kappa shape index (κ2) is 6.92. The zero-order chi connectivity index (χ0) is 17.1. The molecule has 24 heavy (non-hydrogen) atoms. The molecular formula is C23H25N. The van der Waals surface area contributed by atoms with Crippen LogP contribution in [0.15, 0.2) is 61.2 Å². The molecule has 0 aliphatic rings. The first-order chi connectivity index (χ1) is 11.7. The highest BCUT2D eigenvalue weighted by atomic mass is 15.0. The standard InChI is InChI=1S/C23H25N/c1-5-10-20-21-16-19(18-11-8-7-9-12-18)13-14-22(21)24(15-6-2)23(20)17(3)4/h5,7-14,16H,3,6,15H2,1-2,4H3/b10-5-. The van der Waals surface area contributed by atoms with Crippen LogP contribution in [0.3, 0.4) is 0 Å². The maximum Gasteiger partial charge on any atom is 0.0514 e. The van der Waals surface area contributed by atoms with Crippen LogP contribution in [0.4, 0.5) is 0 Å². The van der Waals surface area contributed by atoms with Crippen molar-refractivity contribution in [3.63, 3.8) is 0 Å². The normalized spacial score (nSPS) is 11.5. The van der Waals surface area contributed by atoms with Crippen molar-refractivity contribution < 1.29 is 0 Å². The van der Waals surface area contributed by atoms with Crippen molar-refractivity contribution >= 4 is 22.6 Å². The first-order valence-corrected chi connectivity index (χ1v) is 8.67. The molecule has 0 fully saturated rings. The lowest BCUT2D eigenvalue weighted by Gasteiger charge is -2.10. The third kappa shape index (κ3) is 2.82. The van der Waals surface area contributed by atoms with E-state index in [0.717, 1.165) is 18.5 Å². The minimum absolute atomic E-state index is 1.01. The molecule has 1 nitrogen and oxygen atoms in total. The summed E-state index contributed by atoms with van der Waals surface area (Å²) in [6.45, 7) is 11.6. The molecule has 1 aromatic heterocycles. The highest BCUT2D eigenvalue weighted by molar-refractivity contribution is 5.97. The molecule has 122 valence electrons. The van der Waals surface area contributed by atoms with E-state index in [2.05, 4.69) is 92.6 Å². The van der Waals surface area contributed by atoms with Gasteiger partial charge in [0.05, 0.1) is 5.69 Å². The Hall–Kier alpha value is -2.54. The zero-order valence-electron chi connectivity index (χ0n) is 14.8. The van der Waals surface area contributed by atoms with Gasteiger partial charge in [-0.15, -0.1) is 0 Å². The number of hydrogen-bond acceptors (Lipinski definition) is 0. The summed E-state index contributed by atoms with van der Waals surface area (Å²) in [7, 11) is 0. The lowest BCUT2D eigenvalue weighted by atomic mass is 10.0. The van der Waals surface area contributed by atoms with Gasteiger partial charge in [0.2, 0.25) is 0 Å². The second-order valence-corrected chi connectivity index (χ2v) is 6.29. The first-order valence-electron chi connectivity index (χ1n) is 8.67. The minimum Gasteiger partial charge on any atom is -0.340 e. The topological polar surface area (TPSA) is 4.93 Å². The average molecular weight is 315 g/mol. The van der Waals surface area contributed by atoms with E-state index in [0.29, 0.717) is 0 Å². The number of aromatic nitrogens is 1. The third-order valence-electron chi connectivity index (χ3n) is 4.39. The van der Waals surface area contributed by atoms with Gasteiger partial charge < -0.3 is 4.57 Å². The summed E-state index contributed by atoms with van der Waals surface area (Å²) < 4.78 is 2.42. The smallest absolute Gasteiger partial charge is 0.0514 e. The SMILES string of the molecule is C=C(C)c1c(/C=C\C)c2cc(-c3ccccc3)ccc2n1CCC. The summed E-state index contributed by atoms with van der Waals surface area (Å²) in [4.78, 5) is 0. The molecule has 0 radical (unpaired) electrons. The molecule has 0 unspecified atom stereocenters. The Morgan fingerprint density at radius 1 is 1.08 bits per heavy atom. The monoisotopic (exact) mass is 315 g/mol. The van der Waals surface area contributed by atoms with Gasteiger partial charge in [-0.25, -0.2) is 0 Å². The van der Waals surface area contributed by atoms with E-state index in [-0.39, 0.29) is 0 Å². The quantitative estimate of drug-likeness (QED) is 0.489. The molecule has 0 bridgehead atoms. The Labute approximate surface area is 144 Å². The molecule has 3 rings (SSSR count). The van der Waals surface area contributed by atoms with Gasteiger partial charge in [0.1, 0.15) is 0 Å². The van der Waals surface area contributed by atoms with Crippen molar-refractivity contribution in [2.75, 3.05) is 0 Å². The van der Waals surface area contributed by atoms with E-state index in [1.165, 1.54) is 33.3 Å². The predicted molar refractivity (Wildman–Crippen MR) is 107 cm³/mol. The molecule has 0 saturated carbocycles. The molecule has 1 heteroatoms. The molecule has 0 spiro atoms. The van der Waals surface area contributed by atoms with Crippen LogP contribution in [0.5, 0.6) is 0 Å². The summed E-state index contributed by atoms with van der Waals surface area (Å²) in [5.41, 5.74) is 7.47. The fourth-order valence-corrected chi connectivity index (χ4v) is 3.44. The molecule has 1 heterocycles. The Morgan fingerprint density at radius 3 is 2.46 bits per heavy atom. The fraction of sp³-hybridized carbons (Fsp3) is 0.217. The molecular weight excluding hydrogens is 290 g/mol. The van der Waals surface area contributed by atoms with Gasteiger partial charge in [0.15, 0.2) is 0 Å². The van der Waals surface area contributed by atoms with Gasteiger partial charge in [-0.3, -0.25) is 0 Å². The molecule has 0 aliphatic carbocycles. The van der Waals surface area contributed by atoms with E-state index >= 15 is 0 Å². The van der Waals surface area contributed by atoms with Crippen molar-refractivity contribution in [1.82, 2.24) is 4.57 Å². The summed E-state index contributed by atoms with van der Waals surface area (Å²) in [6.07, 6.45) is 5.44. The van der Waals surface area contributed by atoms with Crippen LogP contribution in [0.25, 0.3) is 33.7 Å². The van der Waals surface area contributed by atoms with Crippen LogP contribution in [-0.2, 0) is 6.54 Å². The Morgan fingerprint density at radius 2 is 1.83 bits per heavy atom. The average Bonchev–Trinajstić information content (AvgIpc) is 2.90. The largest absolute Gasteiger partial charge is 0.340 e. The van der Waals surface area contributed by atoms with Gasteiger partial charge in [0.25, 0.3) is 0 Å². The number of aryl methyl sites for hydroxylation is 1. The maximum atomic E-state index is 4.23. The van der Waals surface area contributed by atoms with Gasteiger partial charge in [0, 0.05) is 23.0 Å². The van der Waals surface area contributed by atoms with Crippen LogP contribution >= 0.6 is 0 Å². The summed E-state index contributed by atoms with van der Waals surface area (Å²) in [5.74, 6) is 0. The highest BCUT2D eigenvalue weighted by Crippen LogP contribution is 2.34. The third-order valence-corrected chi connectivity index (χ3v) is 4.39. The van der Waals surface area contributed by atoms with Crippen molar-refractivity contribution in [2.45, 2.75) is 33.7 Å². The van der Waals surface area contributed by atoms with Crippen LogP contribution < -0.4 is 0 Å². The van der Waals surface area contributed by atoms with Gasteiger partial charge in [-0.1, -0.05) is 62.1 Å². The number of benzene rings is 2. The number of hydrogen-bond donors (Lipinski definition) is 0. The van der Waals surface area contributed by atoms with E-state index in [9.17, 15) is 0 Å². The van der Waals surface area contributed by atoms with E-state index in [1.807, 2.05) is 0 Å². The first kappa shape index (κ1) is 16.3. The predicted octanol–water partition coefficient (Wildman–Crippen LogP) is 6.78. The maximum absolute atomic E-state index is 4.23.